The molecule has 1 fully saturated rings. The Hall–Kier alpha value is -1.56. The van der Waals surface area contributed by atoms with Gasteiger partial charge in [0.2, 0.25) is 0 Å². The van der Waals surface area contributed by atoms with E-state index in [-0.39, 0.29) is 24.4 Å². The minimum atomic E-state index is -4.12. The maximum absolute atomic E-state index is 12.7. The number of piperidine rings is 1. The quantitative estimate of drug-likeness (QED) is 0.928. The normalized spacial score (nSPS) is 24.0. The van der Waals surface area contributed by atoms with Crippen LogP contribution in [0.25, 0.3) is 0 Å². The molecule has 1 aliphatic heterocycles. The number of hydrogen-bond acceptors (Lipinski definition) is 2. The zero-order valence-electron chi connectivity index (χ0n) is 11.7. The molecule has 116 valence electrons. The molecular formula is C15H18F3NO2. The van der Waals surface area contributed by atoms with Crippen molar-refractivity contribution in [3.8, 4) is 0 Å². The molecule has 1 aromatic rings. The Morgan fingerprint density at radius 1 is 1.43 bits per heavy atom. The van der Waals surface area contributed by atoms with Gasteiger partial charge in [0.15, 0.2) is 0 Å². The molecule has 0 amide bonds. The number of nitrogens with zero attached hydrogens (tertiary/aromatic N) is 1. The van der Waals surface area contributed by atoms with Crippen molar-refractivity contribution in [2.45, 2.75) is 38.5 Å². The highest BCUT2D eigenvalue weighted by atomic mass is 19.4. The number of aromatic carboxylic acids is 1. The van der Waals surface area contributed by atoms with Crippen molar-refractivity contribution in [2.75, 3.05) is 6.54 Å². The molecule has 0 bridgehead atoms. The zero-order valence-corrected chi connectivity index (χ0v) is 11.7. The number of carbonyl (C=O) groups is 1. The number of hydrogen-bond donors (Lipinski definition) is 1. The van der Waals surface area contributed by atoms with Crippen molar-refractivity contribution in [1.82, 2.24) is 4.90 Å². The van der Waals surface area contributed by atoms with Crippen molar-refractivity contribution in [3.63, 3.8) is 0 Å². The molecule has 0 aromatic heterocycles. The topological polar surface area (TPSA) is 40.5 Å². The third kappa shape index (κ3) is 3.97. The van der Waals surface area contributed by atoms with Crippen LogP contribution in [0.1, 0.15) is 35.7 Å². The molecule has 1 aliphatic rings. The highest BCUT2D eigenvalue weighted by molar-refractivity contribution is 5.87. The van der Waals surface area contributed by atoms with Crippen LogP contribution in [-0.2, 0) is 6.54 Å². The van der Waals surface area contributed by atoms with Gasteiger partial charge in [-0.3, -0.25) is 4.90 Å². The van der Waals surface area contributed by atoms with E-state index in [1.54, 1.807) is 25.1 Å². The molecule has 1 saturated heterocycles. The highest BCUT2D eigenvalue weighted by Crippen LogP contribution is 2.36. The third-order valence-electron chi connectivity index (χ3n) is 4.04. The first-order chi connectivity index (χ1) is 9.77. The van der Waals surface area contributed by atoms with E-state index in [0.29, 0.717) is 13.1 Å². The number of alkyl halides is 3. The van der Waals surface area contributed by atoms with E-state index in [1.807, 2.05) is 4.90 Å². The lowest BCUT2D eigenvalue weighted by Gasteiger charge is -2.38. The summed E-state index contributed by atoms with van der Waals surface area (Å²) in [5.41, 5.74) is 1.01. The first-order valence-corrected chi connectivity index (χ1v) is 6.90. The molecule has 1 aromatic carbocycles. The van der Waals surface area contributed by atoms with Gasteiger partial charge in [-0.2, -0.15) is 13.2 Å². The van der Waals surface area contributed by atoms with Gasteiger partial charge < -0.3 is 5.11 Å². The van der Waals surface area contributed by atoms with Crippen molar-refractivity contribution >= 4 is 5.97 Å². The number of carboxylic acid groups (broad SMARTS) is 1. The molecule has 0 radical (unpaired) electrons. The number of benzene rings is 1. The van der Waals surface area contributed by atoms with Crippen LogP contribution < -0.4 is 0 Å². The Morgan fingerprint density at radius 2 is 2.14 bits per heavy atom. The molecule has 21 heavy (non-hydrogen) atoms. The Balaban J connectivity index is 2.01. The molecule has 2 unspecified atom stereocenters. The molecule has 0 spiro atoms. The van der Waals surface area contributed by atoms with Gasteiger partial charge >= 0.3 is 12.1 Å². The van der Waals surface area contributed by atoms with Gasteiger partial charge in [-0.15, -0.1) is 0 Å². The second kappa shape index (κ2) is 6.05. The minimum Gasteiger partial charge on any atom is -0.478 e. The highest BCUT2D eigenvalue weighted by Gasteiger charge is 2.43. The molecule has 3 nitrogen and oxygen atoms in total. The van der Waals surface area contributed by atoms with Crippen LogP contribution in [0.3, 0.4) is 0 Å². The standard InChI is InChI=1S/C15H18F3NO2/c1-10-7-13(15(16,17)18)5-6-19(10)9-11-3-2-4-12(8-11)14(20)21/h2-4,8,10,13H,5-7,9H2,1H3,(H,20,21). The lowest BCUT2D eigenvalue weighted by molar-refractivity contribution is -0.189. The number of halogens is 3. The van der Waals surface area contributed by atoms with E-state index in [4.69, 9.17) is 5.11 Å². The molecule has 2 rings (SSSR count). The predicted molar refractivity (Wildman–Crippen MR) is 72.1 cm³/mol. The molecule has 1 heterocycles. The molecule has 0 aliphatic carbocycles. The van der Waals surface area contributed by atoms with Crippen molar-refractivity contribution < 1.29 is 23.1 Å². The van der Waals surface area contributed by atoms with Gasteiger partial charge in [-0.1, -0.05) is 12.1 Å². The summed E-state index contributed by atoms with van der Waals surface area (Å²) in [5, 5.41) is 8.95. The smallest absolute Gasteiger partial charge is 0.391 e. The Labute approximate surface area is 121 Å². The van der Waals surface area contributed by atoms with Crippen molar-refractivity contribution in [2.24, 2.45) is 5.92 Å². The van der Waals surface area contributed by atoms with E-state index in [9.17, 15) is 18.0 Å². The van der Waals surface area contributed by atoms with Crippen LogP contribution in [0.2, 0.25) is 0 Å². The van der Waals surface area contributed by atoms with Gasteiger partial charge in [0.05, 0.1) is 11.5 Å². The minimum absolute atomic E-state index is 0.0993. The summed E-state index contributed by atoms with van der Waals surface area (Å²) in [5.74, 6) is -2.23. The number of rotatable bonds is 3. The maximum Gasteiger partial charge on any atom is 0.391 e. The monoisotopic (exact) mass is 301 g/mol. The van der Waals surface area contributed by atoms with Crippen LogP contribution in [0, 0.1) is 5.92 Å². The van der Waals surface area contributed by atoms with Gasteiger partial charge in [0, 0.05) is 12.6 Å². The fourth-order valence-electron chi connectivity index (χ4n) is 2.79. The van der Waals surface area contributed by atoms with Crippen molar-refractivity contribution in [1.29, 1.82) is 0 Å². The predicted octanol–water partition coefficient (Wildman–Crippen LogP) is 3.55. The summed E-state index contributed by atoms with van der Waals surface area (Å²) in [7, 11) is 0. The summed E-state index contributed by atoms with van der Waals surface area (Å²) < 4.78 is 38.2. The van der Waals surface area contributed by atoms with E-state index < -0.39 is 18.1 Å². The van der Waals surface area contributed by atoms with E-state index in [0.717, 1.165) is 5.56 Å². The van der Waals surface area contributed by atoms with Gasteiger partial charge in [0.1, 0.15) is 0 Å². The molecule has 0 saturated carbocycles. The number of likely N-dealkylation sites (tertiary alicyclic amines) is 1. The van der Waals surface area contributed by atoms with Crippen LogP contribution in [0.15, 0.2) is 24.3 Å². The first-order valence-electron chi connectivity index (χ1n) is 6.90. The summed E-state index contributed by atoms with van der Waals surface area (Å²) in [6.07, 6.45) is -3.92. The SMILES string of the molecule is CC1CC(C(F)(F)F)CCN1Cc1cccc(C(=O)O)c1. The van der Waals surface area contributed by atoms with Gasteiger partial charge in [-0.05, 0) is 44.0 Å². The fourth-order valence-corrected chi connectivity index (χ4v) is 2.79. The summed E-state index contributed by atoms with van der Waals surface area (Å²) in [6, 6.07) is 6.37. The lowest BCUT2D eigenvalue weighted by atomic mass is 9.90. The third-order valence-corrected chi connectivity index (χ3v) is 4.04. The average Bonchev–Trinajstić information content (AvgIpc) is 2.40. The summed E-state index contributed by atoms with van der Waals surface area (Å²) >= 11 is 0. The molecule has 2 atom stereocenters. The summed E-state index contributed by atoms with van der Waals surface area (Å²) in [6.45, 7) is 2.65. The van der Waals surface area contributed by atoms with E-state index >= 15 is 0 Å². The van der Waals surface area contributed by atoms with Crippen LogP contribution in [-0.4, -0.2) is 34.7 Å². The fraction of sp³-hybridized carbons (Fsp3) is 0.533. The Bertz CT molecular complexity index is 516. The van der Waals surface area contributed by atoms with Crippen LogP contribution >= 0.6 is 0 Å². The molecular weight excluding hydrogens is 283 g/mol. The van der Waals surface area contributed by atoms with Gasteiger partial charge in [0.25, 0.3) is 0 Å². The Kier molecular flexibility index (Phi) is 4.56. The zero-order chi connectivity index (χ0) is 15.6. The molecule has 6 heteroatoms. The maximum atomic E-state index is 12.7. The van der Waals surface area contributed by atoms with Crippen LogP contribution in [0.4, 0.5) is 13.2 Å². The van der Waals surface area contributed by atoms with E-state index in [1.165, 1.54) is 6.07 Å². The Morgan fingerprint density at radius 3 is 2.71 bits per heavy atom. The van der Waals surface area contributed by atoms with Gasteiger partial charge in [-0.25, -0.2) is 4.79 Å². The first kappa shape index (κ1) is 15.8. The second-order valence-corrected chi connectivity index (χ2v) is 5.59. The lowest BCUT2D eigenvalue weighted by Crippen LogP contribution is -2.44. The molecule has 1 N–H and O–H groups in total. The van der Waals surface area contributed by atoms with E-state index in [2.05, 4.69) is 0 Å². The second-order valence-electron chi connectivity index (χ2n) is 5.59. The summed E-state index contributed by atoms with van der Waals surface area (Å²) in [4.78, 5) is 12.9. The number of carboxylic acids is 1. The van der Waals surface area contributed by atoms with Crippen LogP contribution in [0.5, 0.6) is 0 Å². The van der Waals surface area contributed by atoms with Crippen molar-refractivity contribution in [3.05, 3.63) is 35.4 Å². The average molecular weight is 301 g/mol. The largest absolute Gasteiger partial charge is 0.478 e.